The molecular weight excluding hydrogens is 256 g/mol. The molecule has 1 aromatic rings. The SMILES string of the molecule is CCOC(=O)C(CC(C(C)=O)c1ccccc1)C(C)=O. The van der Waals surface area contributed by atoms with E-state index < -0.39 is 17.8 Å². The van der Waals surface area contributed by atoms with Crippen LogP contribution in [0.4, 0.5) is 0 Å². The first-order valence-electron chi connectivity index (χ1n) is 6.69. The van der Waals surface area contributed by atoms with Crippen LogP contribution < -0.4 is 0 Å². The van der Waals surface area contributed by atoms with Crippen LogP contribution in [-0.4, -0.2) is 24.1 Å². The quantitative estimate of drug-likeness (QED) is 0.567. The minimum Gasteiger partial charge on any atom is -0.465 e. The van der Waals surface area contributed by atoms with Gasteiger partial charge in [-0.05, 0) is 32.8 Å². The third kappa shape index (κ3) is 4.30. The van der Waals surface area contributed by atoms with Gasteiger partial charge in [-0.2, -0.15) is 0 Å². The predicted molar refractivity (Wildman–Crippen MR) is 75.3 cm³/mol. The van der Waals surface area contributed by atoms with Crippen LogP contribution in [0.3, 0.4) is 0 Å². The van der Waals surface area contributed by atoms with E-state index in [1.165, 1.54) is 13.8 Å². The number of ether oxygens (including phenoxy) is 1. The lowest BCUT2D eigenvalue weighted by Gasteiger charge is -2.19. The van der Waals surface area contributed by atoms with E-state index in [-0.39, 0.29) is 24.6 Å². The normalized spacial score (nSPS) is 13.3. The fraction of sp³-hybridized carbons (Fsp3) is 0.438. The molecule has 0 aliphatic heterocycles. The largest absolute Gasteiger partial charge is 0.465 e. The summed E-state index contributed by atoms with van der Waals surface area (Å²) in [6.07, 6.45) is 0.160. The lowest BCUT2D eigenvalue weighted by atomic mass is 9.84. The third-order valence-electron chi connectivity index (χ3n) is 3.23. The molecule has 2 unspecified atom stereocenters. The van der Waals surface area contributed by atoms with Gasteiger partial charge in [-0.15, -0.1) is 0 Å². The van der Waals surface area contributed by atoms with Gasteiger partial charge >= 0.3 is 5.97 Å². The molecule has 0 amide bonds. The Hall–Kier alpha value is -1.97. The molecule has 0 bridgehead atoms. The second kappa shape index (κ2) is 7.58. The predicted octanol–water partition coefficient (Wildman–Crippen LogP) is 2.52. The molecule has 0 heterocycles. The van der Waals surface area contributed by atoms with E-state index in [4.69, 9.17) is 4.74 Å². The van der Waals surface area contributed by atoms with Crippen molar-refractivity contribution in [2.24, 2.45) is 5.92 Å². The minimum atomic E-state index is -0.885. The molecule has 0 saturated heterocycles. The first-order chi connectivity index (χ1) is 9.47. The summed E-state index contributed by atoms with van der Waals surface area (Å²) in [4.78, 5) is 35.3. The van der Waals surface area contributed by atoms with Gasteiger partial charge in [-0.25, -0.2) is 0 Å². The van der Waals surface area contributed by atoms with Crippen molar-refractivity contribution in [2.45, 2.75) is 33.1 Å². The van der Waals surface area contributed by atoms with Crippen molar-refractivity contribution in [1.82, 2.24) is 0 Å². The maximum atomic E-state index is 11.8. The van der Waals surface area contributed by atoms with Crippen LogP contribution in [0.5, 0.6) is 0 Å². The zero-order chi connectivity index (χ0) is 15.1. The van der Waals surface area contributed by atoms with Crippen molar-refractivity contribution in [3.8, 4) is 0 Å². The summed E-state index contributed by atoms with van der Waals surface area (Å²) in [7, 11) is 0. The maximum Gasteiger partial charge on any atom is 0.316 e. The standard InChI is InChI=1S/C16H20O4/c1-4-20-16(19)15(12(3)18)10-14(11(2)17)13-8-6-5-7-9-13/h5-9,14-15H,4,10H2,1-3H3. The van der Waals surface area contributed by atoms with E-state index in [1.54, 1.807) is 6.92 Å². The van der Waals surface area contributed by atoms with Crippen molar-refractivity contribution in [3.63, 3.8) is 0 Å². The summed E-state index contributed by atoms with van der Waals surface area (Å²) >= 11 is 0. The van der Waals surface area contributed by atoms with Crippen LogP contribution in [0.1, 0.15) is 38.7 Å². The second-order valence-electron chi connectivity index (χ2n) is 4.72. The third-order valence-corrected chi connectivity index (χ3v) is 3.23. The molecule has 1 rings (SSSR count). The number of rotatable bonds is 7. The van der Waals surface area contributed by atoms with Crippen molar-refractivity contribution in [3.05, 3.63) is 35.9 Å². The lowest BCUT2D eigenvalue weighted by molar-refractivity contribution is -0.151. The Balaban J connectivity index is 2.96. The van der Waals surface area contributed by atoms with E-state index in [2.05, 4.69) is 0 Å². The number of hydrogen-bond acceptors (Lipinski definition) is 4. The Morgan fingerprint density at radius 3 is 2.10 bits per heavy atom. The molecule has 0 fully saturated rings. The molecule has 0 aromatic heterocycles. The number of esters is 1. The van der Waals surface area contributed by atoms with E-state index in [0.29, 0.717) is 0 Å². The Labute approximate surface area is 119 Å². The Bertz CT molecular complexity index is 479. The van der Waals surface area contributed by atoms with Gasteiger partial charge in [-0.1, -0.05) is 30.3 Å². The fourth-order valence-electron chi connectivity index (χ4n) is 2.13. The van der Waals surface area contributed by atoms with Crippen LogP contribution in [-0.2, 0) is 19.1 Å². The number of ketones is 2. The van der Waals surface area contributed by atoms with Crippen molar-refractivity contribution in [2.75, 3.05) is 6.61 Å². The summed E-state index contributed by atoms with van der Waals surface area (Å²) in [6.45, 7) is 4.73. The highest BCUT2D eigenvalue weighted by Gasteiger charge is 2.30. The minimum absolute atomic E-state index is 0.0632. The maximum absolute atomic E-state index is 11.8. The fourth-order valence-corrected chi connectivity index (χ4v) is 2.13. The Morgan fingerprint density at radius 2 is 1.65 bits per heavy atom. The van der Waals surface area contributed by atoms with Gasteiger partial charge in [-0.3, -0.25) is 14.4 Å². The van der Waals surface area contributed by atoms with Gasteiger partial charge in [0.1, 0.15) is 17.5 Å². The molecule has 2 atom stereocenters. The van der Waals surface area contributed by atoms with E-state index in [9.17, 15) is 14.4 Å². The molecule has 0 radical (unpaired) electrons. The van der Waals surface area contributed by atoms with Crippen LogP contribution in [0.2, 0.25) is 0 Å². The van der Waals surface area contributed by atoms with Crippen LogP contribution in [0.25, 0.3) is 0 Å². The number of carbonyl (C=O) groups is 3. The first kappa shape index (κ1) is 16.1. The summed E-state index contributed by atoms with van der Waals surface area (Å²) in [6, 6.07) is 9.17. The topological polar surface area (TPSA) is 60.4 Å². The van der Waals surface area contributed by atoms with Gasteiger partial charge in [0.2, 0.25) is 0 Å². The van der Waals surface area contributed by atoms with E-state index in [1.807, 2.05) is 30.3 Å². The van der Waals surface area contributed by atoms with Gasteiger partial charge < -0.3 is 4.74 Å². The monoisotopic (exact) mass is 276 g/mol. The molecular formula is C16H20O4. The number of carbonyl (C=O) groups excluding carboxylic acids is 3. The highest BCUT2D eigenvalue weighted by atomic mass is 16.5. The van der Waals surface area contributed by atoms with Crippen molar-refractivity contribution >= 4 is 17.5 Å². The Kier molecular flexibility index (Phi) is 6.10. The highest BCUT2D eigenvalue weighted by Crippen LogP contribution is 2.26. The molecule has 0 aliphatic carbocycles. The molecule has 20 heavy (non-hydrogen) atoms. The average Bonchev–Trinajstić information content (AvgIpc) is 2.39. The van der Waals surface area contributed by atoms with Gasteiger partial charge in [0.25, 0.3) is 0 Å². The van der Waals surface area contributed by atoms with E-state index >= 15 is 0 Å². The average molecular weight is 276 g/mol. The lowest BCUT2D eigenvalue weighted by Crippen LogP contribution is -2.28. The molecule has 4 heteroatoms. The molecule has 108 valence electrons. The number of Topliss-reactive ketones (excluding diaryl/α,β-unsaturated/α-hetero) is 2. The zero-order valence-electron chi connectivity index (χ0n) is 12.1. The molecule has 0 aliphatic rings. The number of hydrogen-bond donors (Lipinski definition) is 0. The van der Waals surface area contributed by atoms with Crippen molar-refractivity contribution in [1.29, 1.82) is 0 Å². The summed E-state index contributed by atoms with van der Waals surface area (Å²) < 4.78 is 4.91. The van der Waals surface area contributed by atoms with Crippen LogP contribution >= 0.6 is 0 Å². The highest BCUT2D eigenvalue weighted by molar-refractivity contribution is 5.98. The Morgan fingerprint density at radius 1 is 1.05 bits per heavy atom. The zero-order valence-corrected chi connectivity index (χ0v) is 12.1. The van der Waals surface area contributed by atoms with Crippen LogP contribution in [0.15, 0.2) is 30.3 Å². The molecule has 1 aromatic carbocycles. The smallest absolute Gasteiger partial charge is 0.316 e. The van der Waals surface area contributed by atoms with Crippen LogP contribution in [0, 0.1) is 5.92 Å². The van der Waals surface area contributed by atoms with Gasteiger partial charge in [0.15, 0.2) is 0 Å². The summed E-state index contributed by atoms with van der Waals surface area (Å²) in [5.41, 5.74) is 0.815. The molecule has 0 N–H and O–H groups in total. The first-order valence-corrected chi connectivity index (χ1v) is 6.69. The number of benzene rings is 1. The summed E-state index contributed by atoms with van der Waals surface area (Å²) in [5, 5.41) is 0. The van der Waals surface area contributed by atoms with Gasteiger partial charge in [0.05, 0.1) is 6.61 Å². The molecule has 4 nitrogen and oxygen atoms in total. The molecule has 0 saturated carbocycles. The van der Waals surface area contributed by atoms with E-state index in [0.717, 1.165) is 5.56 Å². The summed E-state index contributed by atoms with van der Waals surface area (Å²) in [5.74, 6) is -2.24. The van der Waals surface area contributed by atoms with Gasteiger partial charge in [0, 0.05) is 5.92 Å². The second-order valence-corrected chi connectivity index (χ2v) is 4.72. The molecule has 0 spiro atoms. The van der Waals surface area contributed by atoms with Crippen molar-refractivity contribution < 1.29 is 19.1 Å².